The fourth-order valence-electron chi connectivity index (χ4n) is 1.74. The van der Waals surface area contributed by atoms with Gasteiger partial charge >= 0.3 is 0 Å². The second-order valence-electron chi connectivity index (χ2n) is 3.99. The van der Waals surface area contributed by atoms with Crippen LogP contribution in [0.25, 0.3) is 0 Å². The van der Waals surface area contributed by atoms with E-state index in [1.165, 1.54) is 5.56 Å². The topological polar surface area (TPSA) is 30.7 Å². The Labute approximate surface area is 114 Å². The standard InChI is InChI=1S/C12H13BrClN3/c1-17-8-12(15-16-17)6-10(7-14)9-2-4-11(13)5-3-9/h2-5,8,10H,6-7H2,1H3. The molecule has 0 radical (unpaired) electrons. The number of aryl methyl sites for hydroxylation is 1. The van der Waals surface area contributed by atoms with Gasteiger partial charge in [0.1, 0.15) is 0 Å². The van der Waals surface area contributed by atoms with E-state index < -0.39 is 0 Å². The van der Waals surface area contributed by atoms with Crippen LogP contribution >= 0.6 is 27.5 Å². The Kier molecular flexibility index (Phi) is 4.18. The van der Waals surface area contributed by atoms with Gasteiger partial charge in [-0.15, -0.1) is 16.7 Å². The minimum absolute atomic E-state index is 0.279. The van der Waals surface area contributed by atoms with Crippen molar-refractivity contribution in [3.63, 3.8) is 0 Å². The van der Waals surface area contributed by atoms with Crippen molar-refractivity contribution in [3.8, 4) is 0 Å². The number of hydrogen-bond acceptors (Lipinski definition) is 2. The molecule has 0 aliphatic heterocycles. The second kappa shape index (κ2) is 5.65. The Morgan fingerprint density at radius 3 is 2.59 bits per heavy atom. The van der Waals surface area contributed by atoms with Gasteiger partial charge in [0.05, 0.1) is 5.69 Å². The highest BCUT2D eigenvalue weighted by atomic mass is 79.9. The first-order chi connectivity index (χ1) is 8.19. The van der Waals surface area contributed by atoms with Crippen LogP contribution in [0, 0.1) is 0 Å². The van der Waals surface area contributed by atoms with E-state index in [4.69, 9.17) is 11.6 Å². The van der Waals surface area contributed by atoms with Crippen LogP contribution in [0.3, 0.4) is 0 Å². The van der Waals surface area contributed by atoms with E-state index in [-0.39, 0.29) is 5.92 Å². The van der Waals surface area contributed by atoms with Crippen molar-refractivity contribution in [2.24, 2.45) is 7.05 Å². The molecule has 3 nitrogen and oxygen atoms in total. The van der Waals surface area contributed by atoms with Gasteiger partial charge in [0.15, 0.2) is 0 Å². The fraction of sp³-hybridized carbons (Fsp3) is 0.333. The van der Waals surface area contributed by atoms with E-state index in [1.807, 2.05) is 25.4 Å². The van der Waals surface area contributed by atoms with Crippen molar-refractivity contribution in [2.75, 3.05) is 5.88 Å². The summed E-state index contributed by atoms with van der Waals surface area (Å²) in [4.78, 5) is 0. The lowest BCUT2D eigenvalue weighted by Crippen LogP contribution is -2.05. The molecule has 1 unspecified atom stereocenters. The van der Waals surface area contributed by atoms with Crippen LogP contribution in [-0.2, 0) is 13.5 Å². The molecule has 1 heterocycles. The first kappa shape index (κ1) is 12.6. The monoisotopic (exact) mass is 313 g/mol. The van der Waals surface area contributed by atoms with Gasteiger partial charge in [-0.05, 0) is 17.7 Å². The van der Waals surface area contributed by atoms with E-state index in [2.05, 4.69) is 38.4 Å². The van der Waals surface area contributed by atoms with Gasteiger partial charge in [0.25, 0.3) is 0 Å². The number of hydrogen-bond donors (Lipinski definition) is 0. The van der Waals surface area contributed by atoms with Crippen molar-refractivity contribution in [2.45, 2.75) is 12.3 Å². The van der Waals surface area contributed by atoms with Crippen molar-refractivity contribution in [1.82, 2.24) is 15.0 Å². The lowest BCUT2D eigenvalue weighted by Gasteiger charge is -2.12. The second-order valence-corrected chi connectivity index (χ2v) is 5.21. The summed E-state index contributed by atoms with van der Waals surface area (Å²) in [6.45, 7) is 0. The third-order valence-corrected chi connectivity index (χ3v) is 3.53. The molecule has 0 bridgehead atoms. The Balaban J connectivity index is 2.13. The predicted octanol–water partition coefficient (Wildman–Crippen LogP) is 3.14. The lowest BCUT2D eigenvalue weighted by atomic mass is 9.96. The average molecular weight is 315 g/mol. The van der Waals surface area contributed by atoms with Gasteiger partial charge in [-0.1, -0.05) is 33.3 Å². The van der Waals surface area contributed by atoms with Crippen LogP contribution in [0.5, 0.6) is 0 Å². The van der Waals surface area contributed by atoms with Crippen LogP contribution in [0.15, 0.2) is 34.9 Å². The van der Waals surface area contributed by atoms with Crippen molar-refractivity contribution in [3.05, 3.63) is 46.2 Å². The molecule has 5 heteroatoms. The Morgan fingerprint density at radius 1 is 1.35 bits per heavy atom. The average Bonchev–Trinajstić information content (AvgIpc) is 2.73. The molecule has 2 aromatic rings. The molecule has 1 atom stereocenters. The summed E-state index contributed by atoms with van der Waals surface area (Å²) < 4.78 is 2.79. The molecule has 1 aromatic carbocycles. The van der Waals surface area contributed by atoms with E-state index >= 15 is 0 Å². The zero-order valence-electron chi connectivity index (χ0n) is 9.48. The minimum Gasteiger partial charge on any atom is -0.255 e. The summed E-state index contributed by atoms with van der Waals surface area (Å²) in [6.07, 6.45) is 2.75. The van der Waals surface area contributed by atoms with E-state index in [0.717, 1.165) is 16.6 Å². The highest BCUT2D eigenvalue weighted by Crippen LogP contribution is 2.23. The molecule has 0 saturated carbocycles. The maximum absolute atomic E-state index is 6.03. The number of nitrogens with zero attached hydrogens (tertiary/aromatic N) is 3. The maximum atomic E-state index is 6.03. The van der Waals surface area contributed by atoms with Crippen LogP contribution in [-0.4, -0.2) is 20.9 Å². The maximum Gasteiger partial charge on any atom is 0.0833 e. The van der Waals surface area contributed by atoms with Crippen molar-refractivity contribution >= 4 is 27.5 Å². The molecule has 90 valence electrons. The van der Waals surface area contributed by atoms with E-state index in [1.54, 1.807) is 4.68 Å². The molecule has 0 N–H and O–H groups in total. The number of benzene rings is 1. The molecule has 0 saturated heterocycles. The number of halogens is 2. The van der Waals surface area contributed by atoms with Gasteiger partial charge in [-0.2, -0.15) is 0 Å². The number of rotatable bonds is 4. The zero-order chi connectivity index (χ0) is 12.3. The third-order valence-electron chi connectivity index (χ3n) is 2.63. The first-order valence-corrected chi connectivity index (χ1v) is 6.68. The quantitative estimate of drug-likeness (QED) is 0.812. The smallest absolute Gasteiger partial charge is 0.0833 e. The number of aromatic nitrogens is 3. The Morgan fingerprint density at radius 2 is 2.06 bits per heavy atom. The SMILES string of the molecule is Cn1cc(CC(CCl)c2ccc(Br)cc2)nn1. The van der Waals surface area contributed by atoms with Crippen LogP contribution in [0.4, 0.5) is 0 Å². The summed E-state index contributed by atoms with van der Waals surface area (Å²) in [5.41, 5.74) is 2.20. The summed E-state index contributed by atoms with van der Waals surface area (Å²) in [5, 5.41) is 8.02. The molecule has 0 fully saturated rings. The van der Waals surface area contributed by atoms with Crippen LogP contribution < -0.4 is 0 Å². The highest BCUT2D eigenvalue weighted by Gasteiger charge is 2.13. The van der Waals surface area contributed by atoms with Crippen molar-refractivity contribution < 1.29 is 0 Å². The molecule has 0 amide bonds. The molecular weight excluding hydrogens is 302 g/mol. The molecule has 0 spiro atoms. The molecule has 1 aromatic heterocycles. The summed E-state index contributed by atoms with van der Waals surface area (Å²) >= 11 is 9.46. The van der Waals surface area contributed by atoms with Crippen molar-refractivity contribution in [1.29, 1.82) is 0 Å². The summed E-state index contributed by atoms with van der Waals surface area (Å²) in [7, 11) is 1.87. The van der Waals surface area contributed by atoms with E-state index in [0.29, 0.717) is 5.88 Å². The summed E-state index contributed by atoms with van der Waals surface area (Å²) in [5.74, 6) is 0.861. The number of alkyl halides is 1. The van der Waals surface area contributed by atoms with Crippen LogP contribution in [0.2, 0.25) is 0 Å². The van der Waals surface area contributed by atoms with Gasteiger partial charge in [0.2, 0.25) is 0 Å². The predicted molar refractivity (Wildman–Crippen MR) is 72.3 cm³/mol. The molecule has 17 heavy (non-hydrogen) atoms. The van der Waals surface area contributed by atoms with Gasteiger partial charge in [0, 0.05) is 35.9 Å². The summed E-state index contributed by atoms with van der Waals surface area (Å²) in [6, 6.07) is 8.25. The largest absolute Gasteiger partial charge is 0.255 e. The fourth-order valence-corrected chi connectivity index (χ4v) is 2.29. The van der Waals surface area contributed by atoms with Gasteiger partial charge in [-0.25, -0.2) is 0 Å². The third kappa shape index (κ3) is 3.30. The van der Waals surface area contributed by atoms with Gasteiger partial charge < -0.3 is 0 Å². The Bertz CT molecular complexity index is 481. The van der Waals surface area contributed by atoms with E-state index in [9.17, 15) is 0 Å². The minimum atomic E-state index is 0.279. The molecule has 0 aliphatic carbocycles. The first-order valence-electron chi connectivity index (χ1n) is 5.35. The Hall–Kier alpha value is -0.870. The lowest BCUT2D eigenvalue weighted by molar-refractivity contribution is 0.707. The normalized spacial score (nSPS) is 12.6. The zero-order valence-corrected chi connectivity index (χ0v) is 11.8. The highest BCUT2D eigenvalue weighted by molar-refractivity contribution is 9.10. The molecule has 0 aliphatic rings. The molecule has 2 rings (SSSR count). The van der Waals surface area contributed by atoms with Gasteiger partial charge in [-0.3, -0.25) is 4.68 Å². The molecular formula is C12H13BrClN3. The van der Waals surface area contributed by atoms with Crippen LogP contribution in [0.1, 0.15) is 17.2 Å².